The summed E-state index contributed by atoms with van der Waals surface area (Å²) in [6.45, 7) is 8.85. The lowest BCUT2D eigenvalue weighted by Gasteiger charge is -2.19. The van der Waals surface area contributed by atoms with Gasteiger partial charge < -0.3 is 25.4 Å². The van der Waals surface area contributed by atoms with Gasteiger partial charge in [-0.3, -0.25) is 20.6 Å². The normalized spacial score (nSPS) is 11.9. The van der Waals surface area contributed by atoms with Gasteiger partial charge in [0.05, 0.1) is 11.4 Å². The first-order chi connectivity index (χ1) is 21.1. The minimum atomic E-state index is -0.132. The summed E-state index contributed by atoms with van der Waals surface area (Å²) in [6, 6.07) is 12.7. The van der Waals surface area contributed by atoms with Crippen LogP contribution >= 0.6 is 0 Å². The lowest BCUT2D eigenvalue weighted by Crippen LogP contribution is -2.29. The summed E-state index contributed by atoms with van der Waals surface area (Å²) in [5.74, 6) is 0.0843. The topological polar surface area (TPSA) is 134 Å². The van der Waals surface area contributed by atoms with Gasteiger partial charge in [0.25, 0.3) is 5.91 Å². The second-order valence-electron chi connectivity index (χ2n) is 9.44. The Balaban J connectivity index is 0.00000209. The smallest absolute Gasteiger partial charge is 0.253 e. The number of hydrogen-bond donors (Lipinski definition) is 5. The summed E-state index contributed by atoms with van der Waals surface area (Å²) in [6.07, 6.45) is 11.1. The number of anilines is 1. The van der Waals surface area contributed by atoms with E-state index >= 15 is 0 Å². The summed E-state index contributed by atoms with van der Waals surface area (Å²) in [5.41, 5.74) is 5.25. The van der Waals surface area contributed by atoms with Gasteiger partial charge in [0.2, 0.25) is 0 Å². The van der Waals surface area contributed by atoms with Crippen molar-refractivity contribution in [1.29, 1.82) is 10.8 Å². The fourth-order valence-corrected chi connectivity index (χ4v) is 3.66. The van der Waals surface area contributed by atoms with E-state index in [4.69, 9.17) is 10.8 Å². The van der Waals surface area contributed by atoms with Gasteiger partial charge in [-0.1, -0.05) is 44.2 Å². The number of ether oxygens (including phenoxy) is 1. The summed E-state index contributed by atoms with van der Waals surface area (Å²) >= 11 is 0. The summed E-state index contributed by atoms with van der Waals surface area (Å²) in [4.78, 5) is 18.3. The molecule has 9 nitrogen and oxygen atoms in total. The Morgan fingerprint density at radius 1 is 1.07 bits per heavy atom. The lowest BCUT2D eigenvalue weighted by molar-refractivity contribution is 0.0808. The number of likely N-dealkylation sites (N-methyl/N-ethyl adjacent to an activating group) is 1. The van der Waals surface area contributed by atoms with E-state index in [1.165, 1.54) is 0 Å². The van der Waals surface area contributed by atoms with Crippen molar-refractivity contribution in [2.45, 2.75) is 26.8 Å². The molecule has 3 rings (SSSR count). The number of aliphatic imine (C=N–C) groups is 1. The molecule has 0 radical (unpaired) electrons. The molecule has 0 unspecified atom stereocenters. The zero-order chi connectivity index (χ0) is 33.5. The molecule has 1 amide bonds. The van der Waals surface area contributed by atoms with Crippen LogP contribution in [0.3, 0.4) is 0 Å². The highest BCUT2D eigenvalue weighted by atomic mass is 16.4. The monoisotopic (exact) mass is 602 g/mol. The van der Waals surface area contributed by atoms with Crippen molar-refractivity contribution < 1.29 is 14.6 Å². The predicted octanol–water partition coefficient (Wildman–Crippen LogP) is 6.09. The molecular weight excluding hydrogens is 552 g/mol. The first-order valence-electron chi connectivity index (χ1n) is 14.3. The highest BCUT2D eigenvalue weighted by molar-refractivity contribution is 6.49. The standard InChI is InChI=1S/C29H31N5O2.C2H7N.C2H6O.C2H6/c1-20(5-4-14-32-2)15-21-7-13-28(35)24(16-21)18-33-25-10-8-23(9-11-25)29(36)34(3)19-22-6-12-26(30)27(31)17-22;2*1-3-2;1-2/h4-14,16-17,30-31,33,35H,1,15,18-19H2,2-3H3;3H,1-2H3;1-2H3;1-2H3/b5-4-,30-26?,31-27?,32-14?;;;. The number of allylic oxidation sites excluding steroid dienone is 5. The lowest BCUT2D eigenvalue weighted by atomic mass is 10.0. The Hall–Kier alpha value is -4.60. The SMILES string of the molecule is C=C(/C=C\C=NC)Cc1ccc(O)c(CNc2ccc(C(=O)N(C)CC3=CC(=N)C(=N)C=C3)cc2)c1.CC.CNC.COC. The average molecular weight is 603 g/mol. The van der Waals surface area contributed by atoms with Gasteiger partial charge in [-0.15, -0.1) is 0 Å². The molecule has 0 fully saturated rings. The molecule has 0 heterocycles. The van der Waals surface area contributed by atoms with Gasteiger partial charge in [0, 0.05) is 64.4 Å². The van der Waals surface area contributed by atoms with Gasteiger partial charge in [-0.2, -0.15) is 0 Å². The van der Waals surface area contributed by atoms with E-state index in [-0.39, 0.29) is 23.1 Å². The molecule has 0 bridgehead atoms. The molecule has 0 saturated carbocycles. The Kier molecular flexibility index (Phi) is 20.5. The van der Waals surface area contributed by atoms with Crippen molar-refractivity contribution in [2.75, 3.05) is 54.3 Å². The number of hydrogen-bond acceptors (Lipinski definition) is 8. The first-order valence-corrected chi connectivity index (χ1v) is 14.3. The molecule has 238 valence electrons. The largest absolute Gasteiger partial charge is 0.508 e. The molecule has 0 aromatic heterocycles. The van der Waals surface area contributed by atoms with Crippen LogP contribution in [0.25, 0.3) is 0 Å². The maximum absolute atomic E-state index is 12.8. The number of rotatable bonds is 10. The molecule has 44 heavy (non-hydrogen) atoms. The number of benzene rings is 2. The summed E-state index contributed by atoms with van der Waals surface area (Å²) < 4.78 is 4.25. The van der Waals surface area contributed by atoms with E-state index < -0.39 is 0 Å². The van der Waals surface area contributed by atoms with Crippen molar-refractivity contribution in [1.82, 2.24) is 10.2 Å². The second-order valence-corrected chi connectivity index (χ2v) is 9.44. The maximum atomic E-state index is 12.8. The number of carbonyl (C=O) groups excluding carboxylic acids is 1. The van der Waals surface area contributed by atoms with Crippen LogP contribution < -0.4 is 10.6 Å². The molecule has 0 atom stereocenters. The summed E-state index contributed by atoms with van der Waals surface area (Å²) in [5, 5.41) is 31.7. The molecule has 5 N–H and O–H groups in total. The molecule has 0 saturated heterocycles. The first kappa shape index (κ1) is 39.4. The van der Waals surface area contributed by atoms with Crippen LogP contribution in [0.2, 0.25) is 0 Å². The number of carbonyl (C=O) groups is 1. The minimum Gasteiger partial charge on any atom is -0.508 e. The maximum Gasteiger partial charge on any atom is 0.253 e. The number of phenolic OH excluding ortho intramolecular Hbond substituents is 1. The minimum absolute atomic E-state index is 0.132. The van der Waals surface area contributed by atoms with E-state index in [9.17, 15) is 9.90 Å². The molecular formula is C35H50N6O3. The third kappa shape index (κ3) is 15.0. The quantitative estimate of drug-likeness (QED) is 0.127. The zero-order valence-corrected chi connectivity index (χ0v) is 27.5. The Morgan fingerprint density at radius 2 is 1.68 bits per heavy atom. The highest BCUT2D eigenvalue weighted by Crippen LogP contribution is 2.22. The van der Waals surface area contributed by atoms with Crippen molar-refractivity contribution >= 4 is 29.2 Å². The summed E-state index contributed by atoms with van der Waals surface area (Å²) in [7, 11) is 10.4. The Labute approximate surface area is 263 Å². The third-order valence-electron chi connectivity index (χ3n) is 5.61. The van der Waals surface area contributed by atoms with Crippen molar-refractivity contribution in [2.24, 2.45) is 4.99 Å². The number of aromatic hydroxyl groups is 1. The van der Waals surface area contributed by atoms with Gasteiger partial charge in [0.1, 0.15) is 5.75 Å². The Bertz CT molecular complexity index is 1320. The van der Waals surface area contributed by atoms with Crippen molar-refractivity contribution in [3.05, 3.63) is 107 Å². The highest BCUT2D eigenvalue weighted by Gasteiger charge is 2.15. The van der Waals surface area contributed by atoms with Crippen LogP contribution in [0.4, 0.5) is 5.69 Å². The van der Waals surface area contributed by atoms with E-state index in [2.05, 4.69) is 26.9 Å². The average Bonchev–Trinajstić information content (AvgIpc) is 3.01. The van der Waals surface area contributed by atoms with Crippen molar-refractivity contribution in [3.8, 4) is 5.75 Å². The number of amides is 1. The van der Waals surface area contributed by atoms with Gasteiger partial charge >= 0.3 is 0 Å². The molecule has 9 heteroatoms. The van der Waals surface area contributed by atoms with Crippen LogP contribution in [-0.4, -0.2) is 82.5 Å². The zero-order valence-electron chi connectivity index (χ0n) is 27.5. The van der Waals surface area contributed by atoms with E-state index in [1.54, 1.807) is 75.9 Å². The molecule has 0 aliphatic heterocycles. The van der Waals surface area contributed by atoms with Crippen LogP contribution in [-0.2, 0) is 17.7 Å². The predicted molar refractivity (Wildman–Crippen MR) is 187 cm³/mol. The molecule has 2 aromatic carbocycles. The fraction of sp³-hybridized carbons (Fsp3) is 0.314. The van der Waals surface area contributed by atoms with Gasteiger partial charge in [-0.25, -0.2) is 0 Å². The molecule has 2 aromatic rings. The number of nitrogens with zero attached hydrogens (tertiary/aromatic N) is 2. The second kappa shape index (κ2) is 22.9. The third-order valence-corrected chi connectivity index (χ3v) is 5.61. The van der Waals surface area contributed by atoms with Crippen molar-refractivity contribution in [3.63, 3.8) is 0 Å². The van der Waals surface area contributed by atoms with Gasteiger partial charge in [-0.05, 0) is 86.3 Å². The van der Waals surface area contributed by atoms with E-state index in [1.807, 2.05) is 64.4 Å². The Morgan fingerprint density at radius 3 is 2.25 bits per heavy atom. The van der Waals surface area contributed by atoms with Crippen LogP contribution in [0.5, 0.6) is 5.75 Å². The number of methoxy groups -OCH3 is 1. The fourth-order valence-electron chi connectivity index (χ4n) is 3.66. The van der Waals surface area contributed by atoms with E-state index in [0.29, 0.717) is 25.1 Å². The number of phenols is 1. The van der Waals surface area contributed by atoms with Crippen LogP contribution in [0.1, 0.15) is 35.3 Å². The van der Waals surface area contributed by atoms with Gasteiger partial charge in [0.15, 0.2) is 0 Å². The molecule has 0 spiro atoms. The van der Waals surface area contributed by atoms with E-state index in [0.717, 1.165) is 28.0 Å². The molecule has 1 aliphatic rings. The van der Waals surface area contributed by atoms with Crippen LogP contribution in [0, 0.1) is 10.8 Å². The molecule has 1 aliphatic carbocycles. The number of nitrogens with one attached hydrogen (secondary N) is 4. The van der Waals surface area contributed by atoms with Crippen LogP contribution in [0.15, 0.2) is 95.6 Å².